The van der Waals surface area contributed by atoms with E-state index in [1.165, 1.54) is 6.07 Å². The minimum absolute atomic E-state index is 0.129. The summed E-state index contributed by atoms with van der Waals surface area (Å²) in [5.41, 5.74) is 0.391. The summed E-state index contributed by atoms with van der Waals surface area (Å²) in [5.74, 6) is 0.532. The molecule has 1 saturated heterocycles. The number of piperidine rings is 1. The van der Waals surface area contributed by atoms with E-state index in [2.05, 4.69) is 9.80 Å². The van der Waals surface area contributed by atoms with Crippen LogP contribution in [0.4, 0.5) is 4.39 Å². The van der Waals surface area contributed by atoms with Crippen LogP contribution in [0.1, 0.15) is 39.2 Å². The quantitative estimate of drug-likeness (QED) is 0.728. The lowest BCUT2D eigenvalue weighted by Gasteiger charge is -2.38. The second kappa shape index (κ2) is 9.65. The van der Waals surface area contributed by atoms with Crippen LogP contribution in [0.2, 0.25) is 0 Å². The van der Waals surface area contributed by atoms with E-state index >= 15 is 0 Å². The van der Waals surface area contributed by atoms with Gasteiger partial charge in [0.05, 0.1) is 0 Å². The molecule has 1 aliphatic heterocycles. The van der Waals surface area contributed by atoms with Crippen LogP contribution in [-0.4, -0.2) is 67.4 Å². The van der Waals surface area contributed by atoms with E-state index in [0.717, 1.165) is 51.1 Å². The SMILES string of the molecule is CN(C)CCN(C[C@@H]1CCCN(Cc2ccccc2F)C1)C(=O)C(C)(C)C. The van der Waals surface area contributed by atoms with Gasteiger partial charge in [-0.2, -0.15) is 0 Å². The van der Waals surface area contributed by atoms with Crippen LogP contribution in [0.3, 0.4) is 0 Å². The summed E-state index contributed by atoms with van der Waals surface area (Å²) in [5, 5.41) is 0. The third-order valence-electron chi connectivity index (χ3n) is 5.18. The number of likely N-dealkylation sites (tertiary alicyclic amines) is 1. The molecule has 0 saturated carbocycles. The number of nitrogens with zero attached hydrogens (tertiary/aromatic N) is 3. The predicted molar refractivity (Wildman–Crippen MR) is 109 cm³/mol. The number of likely N-dealkylation sites (N-methyl/N-ethyl adjacent to an activating group) is 1. The van der Waals surface area contributed by atoms with Crippen LogP contribution >= 0.6 is 0 Å². The Balaban J connectivity index is 1.99. The number of amides is 1. The Hall–Kier alpha value is -1.46. The van der Waals surface area contributed by atoms with Crippen LogP contribution in [0.25, 0.3) is 0 Å². The molecular formula is C22H36FN3O. The highest BCUT2D eigenvalue weighted by Gasteiger charge is 2.30. The third-order valence-corrected chi connectivity index (χ3v) is 5.18. The first-order chi connectivity index (χ1) is 12.7. The Kier molecular flexibility index (Phi) is 7.80. The summed E-state index contributed by atoms with van der Waals surface area (Å²) in [4.78, 5) is 19.4. The highest BCUT2D eigenvalue weighted by atomic mass is 19.1. The largest absolute Gasteiger partial charge is 0.341 e. The van der Waals surface area contributed by atoms with Crippen LogP contribution < -0.4 is 0 Å². The fourth-order valence-corrected chi connectivity index (χ4v) is 3.69. The van der Waals surface area contributed by atoms with E-state index in [0.29, 0.717) is 12.5 Å². The highest BCUT2D eigenvalue weighted by Crippen LogP contribution is 2.23. The van der Waals surface area contributed by atoms with E-state index in [4.69, 9.17) is 0 Å². The van der Waals surface area contributed by atoms with E-state index in [-0.39, 0.29) is 17.1 Å². The van der Waals surface area contributed by atoms with Gasteiger partial charge in [0, 0.05) is 43.7 Å². The van der Waals surface area contributed by atoms with Gasteiger partial charge in [-0.05, 0) is 45.5 Å². The molecule has 5 heteroatoms. The van der Waals surface area contributed by atoms with Gasteiger partial charge in [-0.3, -0.25) is 9.69 Å². The molecule has 1 atom stereocenters. The van der Waals surface area contributed by atoms with Gasteiger partial charge < -0.3 is 9.80 Å². The Morgan fingerprint density at radius 2 is 1.93 bits per heavy atom. The first-order valence-electron chi connectivity index (χ1n) is 10.1. The lowest BCUT2D eigenvalue weighted by atomic mass is 9.92. The molecular weight excluding hydrogens is 341 g/mol. The monoisotopic (exact) mass is 377 g/mol. The van der Waals surface area contributed by atoms with Crippen molar-refractivity contribution in [2.45, 2.75) is 40.2 Å². The Morgan fingerprint density at radius 1 is 1.22 bits per heavy atom. The Bertz CT molecular complexity index is 612. The number of carbonyl (C=O) groups excluding carboxylic acids is 1. The lowest BCUT2D eigenvalue weighted by Crippen LogP contribution is -2.47. The smallest absolute Gasteiger partial charge is 0.228 e. The molecule has 1 aromatic rings. The molecule has 0 aliphatic carbocycles. The predicted octanol–water partition coefficient (Wildman–Crippen LogP) is 3.47. The lowest BCUT2D eigenvalue weighted by molar-refractivity contribution is -0.140. The van der Waals surface area contributed by atoms with Crippen molar-refractivity contribution in [3.8, 4) is 0 Å². The first-order valence-corrected chi connectivity index (χ1v) is 10.1. The summed E-state index contributed by atoms with van der Waals surface area (Å²) < 4.78 is 14.0. The number of halogens is 1. The van der Waals surface area contributed by atoms with Crippen molar-refractivity contribution in [2.75, 3.05) is 46.8 Å². The number of hydrogen-bond donors (Lipinski definition) is 0. The zero-order chi connectivity index (χ0) is 20.0. The minimum atomic E-state index is -0.367. The van der Waals surface area contributed by atoms with Crippen molar-refractivity contribution in [1.82, 2.24) is 14.7 Å². The van der Waals surface area contributed by atoms with Gasteiger partial charge in [-0.15, -0.1) is 0 Å². The molecule has 2 rings (SSSR count). The second-order valence-corrected chi connectivity index (χ2v) is 9.14. The van der Waals surface area contributed by atoms with Gasteiger partial charge in [0.25, 0.3) is 0 Å². The van der Waals surface area contributed by atoms with E-state index in [1.54, 1.807) is 6.07 Å². The normalized spacial score (nSPS) is 18.7. The zero-order valence-electron chi connectivity index (χ0n) is 17.7. The minimum Gasteiger partial charge on any atom is -0.341 e. The molecule has 27 heavy (non-hydrogen) atoms. The van der Waals surface area contributed by atoms with Gasteiger partial charge in [0.1, 0.15) is 5.82 Å². The summed E-state index contributed by atoms with van der Waals surface area (Å²) >= 11 is 0. The number of carbonyl (C=O) groups is 1. The fraction of sp³-hybridized carbons (Fsp3) is 0.682. The van der Waals surface area contributed by atoms with Crippen molar-refractivity contribution in [3.05, 3.63) is 35.6 Å². The summed E-state index contributed by atoms with van der Waals surface area (Å²) in [6.07, 6.45) is 2.23. The fourth-order valence-electron chi connectivity index (χ4n) is 3.69. The van der Waals surface area contributed by atoms with Crippen molar-refractivity contribution >= 4 is 5.91 Å². The molecule has 0 radical (unpaired) electrons. The molecule has 0 N–H and O–H groups in total. The van der Waals surface area contributed by atoms with Crippen LogP contribution in [-0.2, 0) is 11.3 Å². The second-order valence-electron chi connectivity index (χ2n) is 9.14. The average Bonchev–Trinajstić information content (AvgIpc) is 2.59. The first kappa shape index (κ1) is 21.8. The number of benzene rings is 1. The van der Waals surface area contributed by atoms with E-state index < -0.39 is 0 Å². The van der Waals surface area contributed by atoms with Gasteiger partial charge in [0.2, 0.25) is 5.91 Å². The molecule has 0 aromatic heterocycles. The summed E-state index contributed by atoms with van der Waals surface area (Å²) in [6, 6.07) is 7.02. The van der Waals surface area contributed by atoms with E-state index in [1.807, 2.05) is 51.9 Å². The molecule has 4 nitrogen and oxygen atoms in total. The number of hydrogen-bond acceptors (Lipinski definition) is 3. The highest BCUT2D eigenvalue weighted by molar-refractivity contribution is 5.81. The summed E-state index contributed by atoms with van der Waals surface area (Å²) in [7, 11) is 4.08. The van der Waals surface area contributed by atoms with Crippen LogP contribution in [0.5, 0.6) is 0 Å². The third kappa shape index (κ3) is 6.89. The maximum Gasteiger partial charge on any atom is 0.228 e. The number of rotatable bonds is 7. The Morgan fingerprint density at radius 3 is 2.56 bits per heavy atom. The standard InChI is InChI=1S/C22H36FN3O/c1-22(2,3)21(27)26(14-13-24(4)5)16-18-9-8-12-25(15-18)17-19-10-6-7-11-20(19)23/h6-7,10-11,18H,8-9,12-17H2,1-5H3/t18-/m1/s1. The molecule has 0 unspecified atom stereocenters. The maximum atomic E-state index is 14.0. The molecule has 1 amide bonds. The molecule has 1 heterocycles. The zero-order valence-corrected chi connectivity index (χ0v) is 17.7. The Labute approximate surface area is 164 Å². The van der Waals surface area contributed by atoms with Crippen LogP contribution in [0, 0.1) is 17.2 Å². The van der Waals surface area contributed by atoms with Crippen molar-refractivity contribution in [3.63, 3.8) is 0 Å². The molecule has 1 aromatic carbocycles. The van der Waals surface area contributed by atoms with Gasteiger partial charge in [0.15, 0.2) is 0 Å². The van der Waals surface area contributed by atoms with E-state index in [9.17, 15) is 9.18 Å². The topological polar surface area (TPSA) is 26.8 Å². The molecule has 1 aliphatic rings. The van der Waals surface area contributed by atoms with Gasteiger partial charge in [-0.1, -0.05) is 39.0 Å². The van der Waals surface area contributed by atoms with Gasteiger partial charge >= 0.3 is 0 Å². The molecule has 1 fully saturated rings. The van der Waals surface area contributed by atoms with Crippen molar-refractivity contribution < 1.29 is 9.18 Å². The molecule has 0 spiro atoms. The van der Waals surface area contributed by atoms with Gasteiger partial charge in [-0.25, -0.2) is 4.39 Å². The molecule has 0 bridgehead atoms. The van der Waals surface area contributed by atoms with Crippen molar-refractivity contribution in [1.29, 1.82) is 0 Å². The maximum absolute atomic E-state index is 14.0. The van der Waals surface area contributed by atoms with Crippen LogP contribution in [0.15, 0.2) is 24.3 Å². The molecule has 152 valence electrons. The summed E-state index contributed by atoms with van der Waals surface area (Å²) in [6.45, 7) is 10.9. The van der Waals surface area contributed by atoms with Crippen molar-refractivity contribution in [2.24, 2.45) is 11.3 Å². The average molecular weight is 378 g/mol.